The van der Waals surface area contributed by atoms with E-state index in [2.05, 4.69) is 15.0 Å². The number of ether oxygens (including phenoxy) is 1. The number of aromatic hydroxyl groups is 1. The van der Waals surface area contributed by atoms with Crippen LogP contribution in [0.2, 0.25) is 20.1 Å². The largest absolute Gasteiger partial charge is 0.504 e. The summed E-state index contributed by atoms with van der Waals surface area (Å²) in [5, 5.41) is 7.78. The lowest BCUT2D eigenvalue weighted by molar-refractivity contribution is 0.0217. The van der Waals surface area contributed by atoms with Crippen molar-refractivity contribution in [1.29, 1.82) is 0 Å². The van der Waals surface area contributed by atoms with Crippen molar-refractivity contribution < 1.29 is 79.1 Å². The molecular formula is C65H83Cl4F4N7O14S4. The van der Waals surface area contributed by atoms with Gasteiger partial charge in [-0.3, -0.25) is 9.80 Å². The number of aromatic nitrogens is 3. The van der Waals surface area contributed by atoms with Crippen LogP contribution in [-0.2, 0) is 54.9 Å². The molecule has 0 spiro atoms. The highest BCUT2D eigenvalue weighted by atomic mass is 35.5. The number of nitrogens with zero attached hydrogens (tertiary/aromatic N) is 6. The van der Waals surface area contributed by atoms with Gasteiger partial charge in [0, 0.05) is 23.9 Å². The Kier molecular flexibility index (Phi) is 24.9. The van der Waals surface area contributed by atoms with Gasteiger partial charge in [-0.1, -0.05) is 107 Å². The number of anilines is 1. The molecule has 7 aromatic rings. The second kappa shape index (κ2) is 31.2. The minimum Gasteiger partial charge on any atom is -0.504 e. The summed E-state index contributed by atoms with van der Waals surface area (Å²) >= 11 is 24.6. The van der Waals surface area contributed by atoms with Gasteiger partial charge in [0.25, 0.3) is 12.9 Å². The van der Waals surface area contributed by atoms with Crippen LogP contribution in [0.15, 0.2) is 87.8 Å². The maximum atomic E-state index is 13.3. The second-order valence-electron chi connectivity index (χ2n) is 27.8. The number of hydrogen-bond acceptors (Lipinski definition) is 20. The third-order valence-electron chi connectivity index (χ3n) is 17.1. The van der Waals surface area contributed by atoms with Crippen LogP contribution in [0.4, 0.5) is 28.0 Å². The van der Waals surface area contributed by atoms with Crippen LogP contribution in [0, 0.1) is 0 Å². The summed E-state index contributed by atoms with van der Waals surface area (Å²) in [6, 6.07) is 12.2. The lowest BCUT2D eigenvalue weighted by Gasteiger charge is -2.33. The number of alkyl halides is 4. The van der Waals surface area contributed by atoms with Gasteiger partial charge in [0.1, 0.15) is 41.7 Å². The first-order valence-electron chi connectivity index (χ1n) is 32.0. The van der Waals surface area contributed by atoms with Crippen LogP contribution in [-0.4, -0.2) is 166 Å². The SMILES string of the molecule is CC(C)(C)OC(=O)N1CCC(S(=O)(=O)c2c(Cl)ccc3ncoc23)CC1.CC(C)(C)c1nc2ccc(Cl)c(S(=O)(=O)C3CCCCC3)c2o1.CC(C)(C)c1nc2ccc(Cl)c(S(=O)(=O)C3CCN(CC(F)F)CC3)c2o1.Nc1ccc(Cl)c(S(=O)(=O)C2CCN(CC(F)F)CC2)c1O. The lowest BCUT2D eigenvalue weighted by atomic mass is 9.97. The highest BCUT2D eigenvalue weighted by molar-refractivity contribution is 7.93. The molecule has 4 fully saturated rings. The van der Waals surface area contributed by atoms with Crippen LogP contribution < -0.4 is 5.73 Å². The Morgan fingerprint density at radius 3 is 1.27 bits per heavy atom. The fourth-order valence-electron chi connectivity index (χ4n) is 11.9. The Morgan fingerprint density at radius 2 is 0.878 bits per heavy atom. The zero-order chi connectivity index (χ0) is 72.4. The summed E-state index contributed by atoms with van der Waals surface area (Å²) < 4.78 is 176. The average Bonchev–Trinajstić information content (AvgIpc) is 1.21. The smallest absolute Gasteiger partial charge is 0.410 e. The number of sulfone groups is 4. The average molecular weight is 1530 g/mol. The zero-order valence-corrected chi connectivity index (χ0v) is 62.1. The number of amides is 1. The molecule has 3 aliphatic heterocycles. The van der Waals surface area contributed by atoms with Gasteiger partial charge in [-0.05, 0) is 147 Å². The van der Waals surface area contributed by atoms with Crippen molar-refractivity contribution in [2.75, 3.05) is 58.1 Å². The summed E-state index contributed by atoms with van der Waals surface area (Å²) in [5.74, 6) is 0.403. The number of nitrogen functional groups attached to an aromatic ring is 1. The van der Waals surface area contributed by atoms with E-state index in [0.29, 0.717) is 85.8 Å². The van der Waals surface area contributed by atoms with Crippen molar-refractivity contribution in [1.82, 2.24) is 29.7 Å². The minimum absolute atomic E-state index is 0.0233. The lowest BCUT2D eigenvalue weighted by Crippen LogP contribution is -2.44. The van der Waals surface area contributed by atoms with E-state index in [9.17, 15) is 61.1 Å². The normalized spacial score (nSPS) is 17.6. The topological polar surface area (TPSA) is 297 Å². The fourth-order valence-corrected chi connectivity index (χ4v) is 21.6. The predicted octanol–water partition coefficient (Wildman–Crippen LogP) is 15.0. The molecule has 542 valence electrons. The van der Waals surface area contributed by atoms with Gasteiger partial charge in [0.2, 0.25) is 11.8 Å². The molecule has 0 atom stereocenters. The van der Waals surface area contributed by atoms with E-state index in [1.54, 1.807) is 49.9 Å². The molecule has 21 nitrogen and oxygen atoms in total. The van der Waals surface area contributed by atoms with Crippen LogP contribution in [0.1, 0.15) is 145 Å². The Hall–Kier alpha value is -5.24. The van der Waals surface area contributed by atoms with E-state index in [-0.39, 0.29) is 124 Å². The second-order valence-corrected chi connectivity index (χ2v) is 38.1. The van der Waals surface area contributed by atoms with Gasteiger partial charge in [0.05, 0.1) is 59.9 Å². The number of carbonyl (C=O) groups is 1. The van der Waals surface area contributed by atoms with Crippen molar-refractivity contribution >= 4 is 131 Å². The molecule has 0 unspecified atom stereocenters. The molecule has 3 saturated heterocycles. The van der Waals surface area contributed by atoms with Crippen molar-refractivity contribution in [2.24, 2.45) is 0 Å². The molecule has 3 aromatic heterocycles. The number of fused-ring (bicyclic) bond motifs is 3. The van der Waals surface area contributed by atoms with E-state index in [1.165, 1.54) is 40.5 Å². The van der Waals surface area contributed by atoms with Crippen LogP contribution in [0.25, 0.3) is 33.3 Å². The first kappa shape index (κ1) is 78.5. The Labute approximate surface area is 589 Å². The molecule has 0 bridgehead atoms. The highest BCUT2D eigenvalue weighted by Gasteiger charge is 2.41. The number of rotatable bonds is 12. The quantitative estimate of drug-likeness (QED) is 0.0652. The molecule has 4 aromatic carbocycles. The monoisotopic (exact) mass is 1530 g/mol. The summed E-state index contributed by atoms with van der Waals surface area (Å²) in [5.41, 5.74) is 6.27. The number of phenolic OH excluding ortho intramolecular Hbond substituents is 1. The summed E-state index contributed by atoms with van der Waals surface area (Å²) in [6.45, 7) is 18.2. The molecule has 4 aliphatic rings. The van der Waals surface area contributed by atoms with Crippen LogP contribution in [0.3, 0.4) is 0 Å². The van der Waals surface area contributed by atoms with E-state index in [4.69, 9.17) is 70.1 Å². The van der Waals surface area contributed by atoms with Gasteiger partial charge < -0.3 is 33.7 Å². The third-order valence-corrected chi connectivity index (χ3v) is 28.1. The zero-order valence-electron chi connectivity index (χ0n) is 55.8. The van der Waals surface area contributed by atoms with Crippen molar-refractivity contribution in [3.8, 4) is 5.75 Å². The maximum absolute atomic E-state index is 13.3. The van der Waals surface area contributed by atoms with Crippen LogP contribution >= 0.6 is 46.4 Å². The van der Waals surface area contributed by atoms with Gasteiger partial charge in [-0.25, -0.2) is 71.0 Å². The fraction of sp³-hybridized carbons (Fsp3) is 0.569. The Bertz CT molecular complexity index is 4450. The predicted molar refractivity (Wildman–Crippen MR) is 369 cm³/mol. The highest BCUT2D eigenvalue weighted by Crippen LogP contribution is 2.43. The molecule has 1 aliphatic carbocycles. The standard InChI is InChI=1S/C18H23ClF2N2O3S.C17H21ClN2O5S.C17H22ClNO3S.C13H17ClF2N2O3S/c1-18(2,3)17-22-13-5-4-12(19)16(15(13)26-17)27(24,25)11-6-8-23(9-7-11)10-14(20)21;1-17(2,3)25-16(21)20-8-6-11(7-9-20)26(22,23)15-12(18)4-5-13-14(15)24-10-19-13;1-17(2,3)16-19-13-10-9-12(18)15(14(13)22-16)23(20,21)11-7-5-4-6-8-11;14-9-1-2-10(17)12(19)13(9)22(20,21)8-3-5-18(6-4-8)7-11(15)16/h4-5,11,14H,6-10H2,1-3H3;4-5,10-11H,6-9H2,1-3H3;9-11H,4-8H2,1-3H3;1-2,8,11,19H,3-7,17H2. The maximum Gasteiger partial charge on any atom is 0.410 e. The number of phenols is 1. The summed E-state index contributed by atoms with van der Waals surface area (Å²) in [4.78, 5) is 29.3. The van der Waals surface area contributed by atoms with Gasteiger partial charge in [0.15, 0.2) is 68.2 Å². The molecular weight excluding hydrogens is 1450 g/mol. The molecule has 1 amide bonds. The number of piperidine rings is 3. The van der Waals surface area contributed by atoms with Crippen molar-refractivity contribution in [3.63, 3.8) is 0 Å². The number of benzene rings is 4. The van der Waals surface area contributed by atoms with E-state index >= 15 is 0 Å². The minimum atomic E-state index is -3.87. The van der Waals surface area contributed by atoms with Gasteiger partial charge >= 0.3 is 6.09 Å². The Balaban J connectivity index is 0.000000167. The number of hydrogen-bond donors (Lipinski definition) is 2. The van der Waals surface area contributed by atoms with Gasteiger partial charge in [-0.2, -0.15) is 0 Å². The van der Waals surface area contributed by atoms with E-state index in [0.717, 1.165) is 19.3 Å². The third kappa shape index (κ3) is 18.3. The Morgan fingerprint density at radius 1 is 0.531 bits per heavy atom. The van der Waals surface area contributed by atoms with E-state index in [1.807, 2.05) is 41.5 Å². The number of halogens is 8. The number of nitrogens with two attached hydrogens (primary N) is 1. The van der Waals surface area contributed by atoms with Crippen molar-refractivity contribution in [3.05, 3.63) is 86.8 Å². The molecule has 33 heteroatoms. The first-order valence-corrected chi connectivity index (χ1v) is 39.7. The first-order chi connectivity index (χ1) is 45.5. The number of carbonyl (C=O) groups excluding carboxylic acids is 1. The number of oxazole rings is 3. The molecule has 6 heterocycles. The molecule has 3 N–H and O–H groups in total. The molecule has 1 saturated carbocycles. The van der Waals surface area contributed by atoms with E-state index < -0.39 is 85.4 Å². The summed E-state index contributed by atoms with van der Waals surface area (Å²) in [6.07, 6.45) is 1.86. The van der Waals surface area contributed by atoms with Gasteiger partial charge in [-0.15, -0.1) is 0 Å². The molecule has 11 rings (SSSR count). The molecule has 98 heavy (non-hydrogen) atoms. The number of likely N-dealkylation sites (tertiary alicyclic amines) is 3. The molecule has 0 radical (unpaired) electrons. The summed E-state index contributed by atoms with van der Waals surface area (Å²) in [7, 11) is -14.9. The van der Waals surface area contributed by atoms with Crippen molar-refractivity contribution in [2.45, 2.75) is 203 Å². The van der Waals surface area contributed by atoms with Crippen LogP contribution in [0.5, 0.6) is 5.75 Å².